The molecule has 1 aliphatic rings. The second kappa shape index (κ2) is 16.6. The Morgan fingerprint density at radius 3 is 2.28 bits per heavy atom. The SMILES string of the molecule is CN1C=CN(c2[c-]c(Oc3[c-]c(-c4[c-]c(-c5[c-]cc(-c6ccccc6)cc5)ccn4)[c-]cc3)ccc2)[CH-]1.[C-]#Cn1cccc1.[Pt+4].[Pt]. The van der Waals surface area contributed by atoms with E-state index in [1.807, 2.05) is 103 Å². The van der Waals surface area contributed by atoms with E-state index in [-0.39, 0.29) is 42.1 Å². The average molecular weight is 956 g/mol. The van der Waals surface area contributed by atoms with E-state index in [9.17, 15) is 0 Å². The first-order valence-corrected chi connectivity index (χ1v) is 13.8. The number of anilines is 1. The molecule has 0 amide bonds. The van der Waals surface area contributed by atoms with Gasteiger partial charge in [0.05, 0.1) is 0 Å². The normalized spacial score (nSPS) is 11.4. The van der Waals surface area contributed by atoms with Crippen molar-refractivity contribution in [3.63, 3.8) is 0 Å². The number of rotatable bonds is 6. The van der Waals surface area contributed by atoms with Crippen LogP contribution in [0.2, 0.25) is 0 Å². The molecule has 46 heavy (non-hydrogen) atoms. The number of benzene rings is 4. The van der Waals surface area contributed by atoms with Gasteiger partial charge in [-0.1, -0.05) is 41.6 Å². The molecule has 0 unspecified atom stereocenters. The van der Waals surface area contributed by atoms with E-state index in [1.165, 1.54) is 0 Å². The molecule has 3 heterocycles. The van der Waals surface area contributed by atoms with Crippen LogP contribution in [0.3, 0.4) is 0 Å². The summed E-state index contributed by atoms with van der Waals surface area (Å²) >= 11 is 0. The van der Waals surface area contributed by atoms with Crippen molar-refractivity contribution in [2.75, 3.05) is 11.9 Å². The van der Waals surface area contributed by atoms with E-state index in [1.54, 1.807) is 29.2 Å². The summed E-state index contributed by atoms with van der Waals surface area (Å²) in [7, 11) is 1.98. The second-order valence-electron chi connectivity index (χ2n) is 9.72. The van der Waals surface area contributed by atoms with E-state index in [0.29, 0.717) is 22.8 Å². The monoisotopic (exact) mass is 955 g/mol. The van der Waals surface area contributed by atoms with Gasteiger partial charge in [-0.2, -0.15) is 42.7 Å². The minimum atomic E-state index is 0. The predicted molar refractivity (Wildman–Crippen MR) is 172 cm³/mol. The van der Waals surface area contributed by atoms with Gasteiger partial charge >= 0.3 is 21.1 Å². The van der Waals surface area contributed by atoms with Crippen molar-refractivity contribution in [1.82, 2.24) is 14.5 Å². The molecule has 0 saturated heterocycles. The Morgan fingerprint density at radius 2 is 1.59 bits per heavy atom. The first-order chi connectivity index (χ1) is 21.6. The number of ether oxygens (including phenoxy) is 1. The Hall–Kier alpha value is -4.61. The van der Waals surface area contributed by atoms with Gasteiger partial charge in [0.1, 0.15) is 0 Å². The molecule has 0 saturated carbocycles. The standard InChI is InChI=1S/C33H21N3O.C6H4N.2Pt/c1-35-19-20-36(24-35)30-10-6-12-32(23-30)37-31-11-5-9-29(21-31)33-22-28(17-18-34-33)27-15-13-26(14-16-27)25-7-3-2-4-8-25;1-2-7-5-3-4-6-7;;/h2-8,10-15,17-20,24H,1H3;3-6H;;/q-6;-1;;+4. The third-order valence-corrected chi connectivity index (χ3v) is 6.61. The van der Waals surface area contributed by atoms with Gasteiger partial charge in [-0.3, -0.25) is 12.1 Å². The molecule has 0 fully saturated rings. The van der Waals surface area contributed by atoms with Gasteiger partial charge in [0.2, 0.25) is 0 Å². The number of pyridine rings is 1. The molecule has 6 aromatic rings. The molecule has 0 atom stereocenters. The molecule has 0 aliphatic carbocycles. The molecular formula is C39H25N4OPt2-3. The van der Waals surface area contributed by atoms with Crippen LogP contribution in [0.15, 0.2) is 128 Å². The summed E-state index contributed by atoms with van der Waals surface area (Å²) in [6.07, 6.45) is 15.8. The molecule has 7 heteroatoms. The average Bonchev–Trinajstić information content (AvgIpc) is 3.78. The van der Waals surface area contributed by atoms with Crippen molar-refractivity contribution in [3.8, 4) is 51.1 Å². The third kappa shape index (κ3) is 8.76. The molecule has 0 N–H and O–H groups in total. The molecule has 7 rings (SSSR count). The molecule has 0 spiro atoms. The Kier molecular flexibility index (Phi) is 12.4. The summed E-state index contributed by atoms with van der Waals surface area (Å²) in [5, 5.41) is 0. The van der Waals surface area contributed by atoms with Gasteiger partial charge in [0.25, 0.3) is 0 Å². The maximum atomic E-state index is 6.57. The van der Waals surface area contributed by atoms with Gasteiger partial charge in [0, 0.05) is 39.2 Å². The molecule has 1 aliphatic heterocycles. The predicted octanol–water partition coefficient (Wildman–Crippen LogP) is 8.10. The maximum Gasteiger partial charge on any atom is 4.00 e. The Balaban J connectivity index is 0.000000475. The zero-order valence-corrected chi connectivity index (χ0v) is 29.1. The Bertz CT molecular complexity index is 1900. The van der Waals surface area contributed by atoms with E-state index in [4.69, 9.17) is 11.2 Å². The second-order valence-corrected chi connectivity index (χ2v) is 9.72. The molecule has 0 radical (unpaired) electrons. The van der Waals surface area contributed by atoms with Gasteiger partial charge in [-0.15, -0.1) is 41.6 Å². The molecular weight excluding hydrogens is 931 g/mol. The summed E-state index contributed by atoms with van der Waals surface area (Å²) in [5.74, 6) is 1.15. The van der Waals surface area contributed by atoms with Gasteiger partial charge in [-0.05, 0) is 37.8 Å². The molecule has 5 nitrogen and oxygen atoms in total. The van der Waals surface area contributed by atoms with Gasteiger partial charge in [-0.25, -0.2) is 23.2 Å². The fraction of sp³-hybridized carbons (Fsp3) is 0.0256. The van der Waals surface area contributed by atoms with Gasteiger partial charge < -0.3 is 42.1 Å². The molecule has 4 aromatic carbocycles. The van der Waals surface area contributed by atoms with E-state index in [2.05, 4.69) is 65.6 Å². The number of hydrogen-bond acceptors (Lipinski definition) is 4. The summed E-state index contributed by atoms with van der Waals surface area (Å²) < 4.78 is 7.62. The van der Waals surface area contributed by atoms with Crippen LogP contribution in [0.25, 0.3) is 33.5 Å². The summed E-state index contributed by atoms with van der Waals surface area (Å²) in [5.41, 5.74) is 6.33. The van der Waals surface area contributed by atoms with Crippen molar-refractivity contribution in [2.24, 2.45) is 0 Å². The molecule has 0 bridgehead atoms. The largest absolute Gasteiger partial charge is 4.00 e. The van der Waals surface area contributed by atoms with Crippen LogP contribution in [-0.4, -0.2) is 21.5 Å². The van der Waals surface area contributed by atoms with E-state index < -0.39 is 0 Å². The van der Waals surface area contributed by atoms with Crippen molar-refractivity contribution >= 4 is 5.69 Å². The van der Waals surface area contributed by atoms with Crippen molar-refractivity contribution in [1.29, 1.82) is 0 Å². The zero-order chi connectivity index (χ0) is 30.1. The van der Waals surface area contributed by atoms with Crippen LogP contribution in [0.1, 0.15) is 0 Å². The van der Waals surface area contributed by atoms with Crippen LogP contribution in [0, 0.1) is 49.5 Å². The minimum Gasteiger partial charge on any atom is -0.669 e. The number of nitrogens with zero attached hydrogens (tertiary/aromatic N) is 4. The summed E-state index contributed by atoms with van der Waals surface area (Å²) in [4.78, 5) is 8.46. The van der Waals surface area contributed by atoms with Crippen LogP contribution < -0.4 is 9.64 Å². The number of aromatic nitrogens is 2. The van der Waals surface area contributed by atoms with Crippen LogP contribution in [0.5, 0.6) is 11.5 Å². The van der Waals surface area contributed by atoms with Crippen molar-refractivity contribution in [3.05, 3.63) is 171 Å². The third-order valence-electron chi connectivity index (χ3n) is 6.61. The number of hydrogen-bond donors (Lipinski definition) is 0. The zero-order valence-electron chi connectivity index (χ0n) is 24.5. The fourth-order valence-corrected chi connectivity index (χ4v) is 4.43. The van der Waals surface area contributed by atoms with Crippen molar-refractivity contribution < 1.29 is 46.9 Å². The van der Waals surface area contributed by atoms with Gasteiger partial charge in [0.15, 0.2) is 0 Å². The summed E-state index contributed by atoms with van der Waals surface area (Å²) in [6.45, 7) is 1.97. The van der Waals surface area contributed by atoms with E-state index in [0.717, 1.165) is 27.9 Å². The Morgan fingerprint density at radius 1 is 0.783 bits per heavy atom. The quantitative estimate of drug-likeness (QED) is 0.125. The van der Waals surface area contributed by atoms with E-state index >= 15 is 0 Å². The summed E-state index contributed by atoms with van der Waals surface area (Å²) in [6, 6.07) is 50.2. The van der Waals surface area contributed by atoms with Crippen LogP contribution >= 0.6 is 0 Å². The smallest absolute Gasteiger partial charge is 0.669 e. The topological polar surface area (TPSA) is 33.5 Å². The first-order valence-electron chi connectivity index (χ1n) is 13.8. The van der Waals surface area contributed by atoms with Crippen LogP contribution in [0.4, 0.5) is 5.69 Å². The van der Waals surface area contributed by atoms with Crippen molar-refractivity contribution in [2.45, 2.75) is 0 Å². The minimum absolute atomic E-state index is 0. The molecule has 2 aromatic heterocycles. The maximum absolute atomic E-state index is 6.57. The van der Waals surface area contributed by atoms with Crippen LogP contribution in [-0.2, 0) is 42.1 Å². The Labute approximate surface area is 299 Å². The molecule has 230 valence electrons. The fourth-order valence-electron chi connectivity index (χ4n) is 4.43. The first kappa shape index (κ1) is 34.3.